The van der Waals surface area contributed by atoms with Gasteiger partial charge in [0.2, 0.25) is 5.91 Å². The summed E-state index contributed by atoms with van der Waals surface area (Å²) in [7, 11) is 0. The van der Waals surface area contributed by atoms with E-state index in [1.165, 1.54) is 0 Å². The smallest absolute Gasteiger partial charge is 0.225 e. The fraction of sp³-hybridized carbons (Fsp3) is 0.588. The highest BCUT2D eigenvalue weighted by Crippen LogP contribution is 2.27. The Morgan fingerprint density at radius 3 is 2.77 bits per heavy atom. The fourth-order valence-corrected chi connectivity index (χ4v) is 3.46. The van der Waals surface area contributed by atoms with Gasteiger partial charge in [0, 0.05) is 12.5 Å². The Hall–Kier alpha value is -1.26. The minimum Gasteiger partial charge on any atom is -0.487 e. The molecule has 120 valence electrons. The molecule has 2 fully saturated rings. The summed E-state index contributed by atoms with van der Waals surface area (Å²) in [6.07, 6.45) is 3.91. The summed E-state index contributed by atoms with van der Waals surface area (Å²) in [6.45, 7) is 3.42. The first-order valence-electron chi connectivity index (χ1n) is 8.15. The zero-order valence-electron chi connectivity index (χ0n) is 12.8. The number of benzene rings is 1. The van der Waals surface area contributed by atoms with Crippen LogP contribution in [0.2, 0.25) is 5.02 Å². The molecule has 0 saturated carbocycles. The highest BCUT2D eigenvalue weighted by Gasteiger charge is 2.30. The standard InChI is InChI=1S/C17H23ClN2O2/c18-15-5-1-2-6-16(15)22-14-4-3-11-20(12-14)17(21)13-7-9-19-10-8-13/h1-2,5-6,13-14,19H,3-4,7-12H2/t14-/m1/s1. The highest BCUT2D eigenvalue weighted by molar-refractivity contribution is 6.32. The van der Waals surface area contributed by atoms with Gasteiger partial charge < -0.3 is 15.0 Å². The molecule has 1 atom stereocenters. The molecular weight excluding hydrogens is 300 g/mol. The molecule has 3 rings (SSSR count). The molecule has 0 spiro atoms. The maximum atomic E-state index is 12.6. The van der Waals surface area contributed by atoms with Gasteiger partial charge >= 0.3 is 0 Å². The van der Waals surface area contributed by atoms with Crippen molar-refractivity contribution in [2.24, 2.45) is 5.92 Å². The lowest BCUT2D eigenvalue weighted by Gasteiger charge is -2.36. The maximum Gasteiger partial charge on any atom is 0.225 e. The van der Waals surface area contributed by atoms with Crippen LogP contribution in [0.5, 0.6) is 5.75 Å². The van der Waals surface area contributed by atoms with E-state index in [2.05, 4.69) is 5.32 Å². The Morgan fingerprint density at radius 2 is 2.00 bits per heavy atom. The SMILES string of the molecule is O=C(C1CCNCC1)N1CCC[C@@H](Oc2ccccc2Cl)C1. The number of halogens is 1. The predicted molar refractivity (Wildman–Crippen MR) is 87.3 cm³/mol. The lowest BCUT2D eigenvalue weighted by molar-refractivity contribution is -0.139. The lowest BCUT2D eigenvalue weighted by atomic mass is 9.95. The molecule has 0 bridgehead atoms. The molecule has 4 nitrogen and oxygen atoms in total. The Balaban J connectivity index is 1.59. The minimum atomic E-state index is 0.0410. The Morgan fingerprint density at radius 1 is 1.23 bits per heavy atom. The zero-order valence-corrected chi connectivity index (χ0v) is 13.5. The van der Waals surface area contributed by atoms with Gasteiger partial charge in [-0.1, -0.05) is 23.7 Å². The molecule has 1 aromatic carbocycles. The van der Waals surface area contributed by atoms with Gasteiger partial charge in [0.15, 0.2) is 0 Å². The van der Waals surface area contributed by atoms with Crippen LogP contribution in [0.1, 0.15) is 25.7 Å². The number of hydrogen-bond acceptors (Lipinski definition) is 3. The number of nitrogens with one attached hydrogen (secondary N) is 1. The van der Waals surface area contributed by atoms with Crippen molar-refractivity contribution in [1.29, 1.82) is 0 Å². The largest absolute Gasteiger partial charge is 0.487 e. The topological polar surface area (TPSA) is 41.6 Å². The number of rotatable bonds is 3. The first-order chi connectivity index (χ1) is 10.7. The summed E-state index contributed by atoms with van der Waals surface area (Å²) in [4.78, 5) is 14.6. The van der Waals surface area contributed by atoms with E-state index < -0.39 is 0 Å². The number of piperidine rings is 2. The molecule has 5 heteroatoms. The average molecular weight is 323 g/mol. The van der Waals surface area contributed by atoms with Crippen molar-refractivity contribution in [2.45, 2.75) is 31.8 Å². The number of nitrogens with zero attached hydrogens (tertiary/aromatic N) is 1. The number of carbonyl (C=O) groups is 1. The maximum absolute atomic E-state index is 12.6. The van der Waals surface area contributed by atoms with E-state index in [-0.39, 0.29) is 12.0 Å². The molecule has 2 saturated heterocycles. The van der Waals surface area contributed by atoms with Crippen LogP contribution in [-0.4, -0.2) is 43.1 Å². The minimum absolute atomic E-state index is 0.0410. The van der Waals surface area contributed by atoms with Gasteiger partial charge in [-0.3, -0.25) is 4.79 Å². The summed E-state index contributed by atoms with van der Waals surface area (Å²) >= 11 is 6.15. The summed E-state index contributed by atoms with van der Waals surface area (Å²) in [5.74, 6) is 1.19. The molecule has 1 N–H and O–H groups in total. The van der Waals surface area contributed by atoms with Crippen LogP contribution in [-0.2, 0) is 4.79 Å². The third-order valence-electron chi connectivity index (χ3n) is 4.51. The van der Waals surface area contributed by atoms with E-state index >= 15 is 0 Å². The van der Waals surface area contributed by atoms with Gasteiger partial charge in [-0.2, -0.15) is 0 Å². The molecule has 0 unspecified atom stereocenters. The summed E-state index contributed by atoms with van der Waals surface area (Å²) in [6, 6.07) is 7.53. The third kappa shape index (κ3) is 3.73. The van der Waals surface area contributed by atoms with Crippen molar-refractivity contribution in [3.05, 3.63) is 29.3 Å². The van der Waals surface area contributed by atoms with Crippen LogP contribution in [0.3, 0.4) is 0 Å². The van der Waals surface area contributed by atoms with Crippen LogP contribution >= 0.6 is 11.6 Å². The van der Waals surface area contributed by atoms with Crippen LogP contribution in [0, 0.1) is 5.92 Å². The lowest BCUT2D eigenvalue weighted by Crippen LogP contribution is -2.48. The zero-order chi connectivity index (χ0) is 15.4. The third-order valence-corrected chi connectivity index (χ3v) is 4.82. The van der Waals surface area contributed by atoms with Crippen molar-refractivity contribution in [3.63, 3.8) is 0 Å². The van der Waals surface area contributed by atoms with Crippen LogP contribution in [0.25, 0.3) is 0 Å². The second-order valence-electron chi connectivity index (χ2n) is 6.12. The molecule has 0 aromatic heterocycles. The van der Waals surface area contributed by atoms with Gasteiger partial charge in [0.05, 0.1) is 11.6 Å². The molecule has 2 aliphatic rings. The first kappa shape index (κ1) is 15.6. The summed E-state index contributed by atoms with van der Waals surface area (Å²) in [5.41, 5.74) is 0. The fourth-order valence-electron chi connectivity index (χ4n) is 3.28. The van der Waals surface area contributed by atoms with Gasteiger partial charge in [-0.15, -0.1) is 0 Å². The number of amides is 1. The molecule has 2 heterocycles. The van der Waals surface area contributed by atoms with E-state index in [1.807, 2.05) is 29.2 Å². The molecule has 1 amide bonds. The van der Waals surface area contributed by atoms with Gasteiger partial charge in [0.1, 0.15) is 11.9 Å². The summed E-state index contributed by atoms with van der Waals surface area (Å²) < 4.78 is 6.02. The van der Waals surface area contributed by atoms with E-state index in [1.54, 1.807) is 0 Å². The van der Waals surface area contributed by atoms with Crippen molar-refractivity contribution < 1.29 is 9.53 Å². The number of ether oxygens (including phenoxy) is 1. The van der Waals surface area contributed by atoms with Gasteiger partial charge in [-0.25, -0.2) is 0 Å². The number of hydrogen-bond donors (Lipinski definition) is 1. The number of likely N-dealkylation sites (tertiary alicyclic amines) is 1. The first-order valence-corrected chi connectivity index (χ1v) is 8.52. The van der Waals surface area contributed by atoms with Crippen molar-refractivity contribution in [3.8, 4) is 5.75 Å². The quantitative estimate of drug-likeness (QED) is 0.930. The second-order valence-corrected chi connectivity index (χ2v) is 6.53. The van der Waals surface area contributed by atoms with E-state index in [0.29, 0.717) is 23.2 Å². The second kappa shape index (κ2) is 7.34. The van der Waals surface area contributed by atoms with E-state index in [9.17, 15) is 4.79 Å². The van der Waals surface area contributed by atoms with Crippen molar-refractivity contribution in [2.75, 3.05) is 26.2 Å². The highest BCUT2D eigenvalue weighted by atomic mass is 35.5. The Kier molecular flexibility index (Phi) is 5.21. The van der Waals surface area contributed by atoms with Gasteiger partial charge in [-0.05, 0) is 50.9 Å². The summed E-state index contributed by atoms with van der Waals surface area (Å²) in [5, 5.41) is 3.94. The average Bonchev–Trinajstić information content (AvgIpc) is 2.57. The molecule has 2 aliphatic heterocycles. The number of para-hydroxylation sites is 1. The van der Waals surface area contributed by atoms with E-state index in [0.717, 1.165) is 45.3 Å². The number of carbonyl (C=O) groups excluding carboxylic acids is 1. The van der Waals surface area contributed by atoms with Crippen molar-refractivity contribution >= 4 is 17.5 Å². The Bertz CT molecular complexity index is 517. The molecule has 0 radical (unpaired) electrons. The predicted octanol–water partition coefficient (Wildman–Crippen LogP) is 2.71. The van der Waals surface area contributed by atoms with Crippen LogP contribution in [0.15, 0.2) is 24.3 Å². The normalized spacial score (nSPS) is 23.3. The van der Waals surface area contributed by atoms with E-state index in [4.69, 9.17) is 16.3 Å². The van der Waals surface area contributed by atoms with Crippen LogP contribution < -0.4 is 10.1 Å². The molecular formula is C17H23ClN2O2. The molecule has 22 heavy (non-hydrogen) atoms. The molecule has 0 aliphatic carbocycles. The van der Waals surface area contributed by atoms with Crippen molar-refractivity contribution in [1.82, 2.24) is 10.2 Å². The molecule has 1 aromatic rings. The van der Waals surface area contributed by atoms with Gasteiger partial charge in [0.25, 0.3) is 0 Å². The monoisotopic (exact) mass is 322 g/mol. The van der Waals surface area contributed by atoms with Crippen LogP contribution in [0.4, 0.5) is 0 Å². The Labute approximate surface area is 136 Å².